The van der Waals surface area contributed by atoms with E-state index in [-0.39, 0.29) is 17.9 Å². The molecule has 0 radical (unpaired) electrons. The molecule has 3 atom stereocenters. The van der Waals surface area contributed by atoms with E-state index in [4.69, 9.17) is 0 Å². The number of piperidine rings is 1. The zero-order valence-electron chi connectivity index (χ0n) is 11.1. The lowest BCUT2D eigenvalue weighted by atomic mass is 9.91. The summed E-state index contributed by atoms with van der Waals surface area (Å²) in [5.74, 6) is 0.860. The van der Waals surface area contributed by atoms with E-state index in [1.165, 1.54) is 0 Å². The van der Waals surface area contributed by atoms with Gasteiger partial charge in [0.05, 0.1) is 12.2 Å². The Balaban J connectivity index is 1.79. The molecule has 1 amide bonds. The van der Waals surface area contributed by atoms with Crippen molar-refractivity contribution in [3.05, 3.63) is 18.7 Å². The summed E-state index contributed by atoms with van der Waals surface area (Å²) in [6.07, 6.45) is 6.41. The monoisotopic (exact) mass is 250 g/mol. The van der Waals surface area contributed by atoms with Crippen LogP contribution in [0.2, 0.25) is 0 Å². The molecular formula is C13H22N4O. The van der Waals surface area contributed by atoms with Crippen LogP contribution >= 0.6 is 0 Å². The molecule has 2 N–H and O–H groups in total. The second-order valence-electron chi connectivity index (χ2n) is 5.37. The predicted octanol–water partition coefficient (Wildman–Crippen LogP) is 0.633. The molecule has 0 aliphatic carbocycles. The minimum atomic E-state index is 0.110. The van der Waals surface area contributed by atoms with Crippen molar-refractivity contribution in [2.24, 2.45) is 11.8 Å². The lowest BCUT2D eigenvalue weighted by molar-refractivity contribution is -0.126. The maximum atomic E-state index is 12.1. The molecular weight excluding hydrogens is 228 g/mol. The molecule has 5 heteroatoms. The second-order valence-corrected chi connectivity index (χ2v) is 5.37. The van der Waals surface area contributed by atoms with Crippen molar-refractivity contribution in [2.45, 2.75) is 32.9 Å². The summed E-state index contributed by atoms with van der Waals surface area (Å²) in [7, 11) is 0. The third kappa shape index (κ3) is 3.57. The van der Waals surface area contributed by atoms with Gasteiger partial charge in [-0.1, -0.05) is 6.92 Å². The van der Waals surface area contributed by atoms with Crippen molar-refractivity contribution in [1.29, 1.82) is 0 Å². The maximum Gasteiger partial charge on any atom is 0.224 e. The maximum absolute atomic E-state index is 12.1. The summed E-state index contributed by atoms with van der Waals surface area (Å²) in [6, 6.07) is 0.129. The van der Waals surface area contributed by atoms with Gasteiger partial charge < -0.3 is 15.2 Å². The lowest BCUT2D eigenvalue weighted by Crippen LogP contribution is -2.46. The number of rotatable bonds is 4. The average molecular weight is 250 g/mol. The number of carbonyl (C=O) groups is 1. The van der Waals surface area contributed by atoms with E-state index in [1.807, 2.05) is 17.7 Å². The molecule has 1 saturated heterocycles. The van der Waals surface area contributed by atoms with E-state index in [0.717, 1.165) is 26.1 Å². The Morgan fingerprint density at radius 2 is 2.44 bits per heavy atom. The first-order valence-corrected chi connectivity index (χ1v) is 6.62. The molecule has 18 heavy (non-hydrogen) atoms. The third-order valence-electron chi connectivity index (χ3n) is 3.37. The van der Waals surface area contributed by atoms with Crippen molar-refractivity contribution in [1.82, 2.24) is 20.2 Å². The van der Waals surface area contributed by atoms with Gasteiger partial charge in [0.25, 0.3) is 0 Å². The molecule has 3 unspecified atom stereocenters. The molecule has 1 aromatic heterocycles. The van der Waals surface area contributed by atoms with Gasteiger partial charge in [-0.25, -0.2) is 4.98 Å². The summed E-state index contributed by atoms with van der Waals surface area (Å²) in [5, 5.41) is 6.39. The number of hydrogen-bond donors (Lipinski definition) is 2. The normalized spacial score (nSPS) is 25.7. The van der Waals surface area contributed by atoms with Gasteiger partial charge in [-0.2, -0.15) is 0 Å². The molecule has 0 aromatic carbocycles. The Bertz CT molecular complexity index is 376. The average Bonchev–Trinajstić information content (AvgIpc) is 2.81. The van der Waals surface area contributed by atoms with Gasteiger partial charge in [-0.05, 0) is 25.8 Å². The first-order valence-electron chi connectivity index (χ1n) is 6.62. The Morgan fingerprint density at radius 1 is 1.61 bits per heavy atom. The van der Waals surface area contributed by atoms with Gasteiger partial charge in [-0.3, -0.25) is 4.79 Å². The zero-order valence-corrected chi connectivity index (χ0v) is 11.1. The van der Waals surface area contributed by atoms with E-state index in [2.05, 4.69) is 22.5 Å². The summed E-state index contributed by atoms with van der Waals surface area (Å²) in [4.78, 5) is 16.1. The van der Waals surface area contributed by atoms with Gasteiger partial charge in [0.1, 0.15) is 0 Å². The summed E-state index contributed by atoms with van der Waals surface area (Å²) in [5.41, 5.74) is 0. The topological polar surface area (TPSA) is 59.0 Å². The fraction of sp³-hybridized carbons (Fsp3) is 0.692. The van der Waals surface area contributed by atoms with Crippen LogP contribution in [0.1, 0.15) is 20.3 Å². The van der Waals surface area contributed by atoms with Crippen molar-refractivity contribution < 1.29 is 4.79 Å². The zero-order chi connectivity index (χ0) is 13.0. The summed E-state index contributed by atoms with van der Waals surface area (Å²) in [6.45, 7) is 6.79. The minimum absolute atomic E-state index is 0.110. The van der Waals surface area contributed by atoms with Crippen LogP contribution in [0.25, 0.3) is 0 Å². The van der Waals surface area contributed by atoms with Crippen LogP contribution in [0.15, 0.2) is 18.7 Å². The van der Waals surface area contributed by atoms with Crippen LogP contribution < -0.4 is 10.6 Å². The molecule has 1 aliphatic heterocycles. The molecule has 1 aliphatic rings. The quantitative estimate of drug-likeness (QED) is 0.824. The van der Waals surface area contributed by atoms with E-state index in [0.29, 0.717) is 5.92 Å². The van der Waals surface area contributed by atoms with Crippen molar-refractivity contribution >= 4 is 5.91 Å². The fourth-order valence-electron chi connectivity index (χ4n) is 2.47. The predicted molar refractivity (Wildman–Crippen MR) is 70.0 cm³/mol. The van der Waals surface area contributed by atoms with Crippen LogP contribution in [-0.4, -0.2) is 34.6 Å². The van der Waals surface area contributed by atoms with E-state index >= 15 is 0 Å². The largest absolute Gasteiger partial charge is 0.352 e. The smallest absolute Gasteiger partial charge is 0.224 e. The SMILES string of the molecule is CC1CNCC(C(=O)NC(C)Cn2ccnc2)C1. The highest BCUT2D eigenvalue weighted by molar-refractivity contribution is 5.79. The molecule has 5 nitrogen and oxygen atoms in total. The number of amides is 1. The van der Waals surface area contributed by atoms with Gasteiger partial charge in [0.15, 0.2) is 0 Å². The molecule has 0 bridgehead atoms. The number of nitrogens with one attached hydrogen (secondary N) is 2. The van der Waals surface area contributed by atoms with Crippen LogP contribution in [0.5, 0.6) is 0 Å². The van der Waals surface area contributed by atoms with E-state index in [9.17, 15) is 4.79 Å². The molecule has 100 valence electrons. The van der Waals surface area contributed by atoms with Gasteiger partial charge in [-0.15, -0.1) is 0 Å². The molecule has 0 spiro atoms. The first kappa shape index (κ1) is 13.1. The molecule has 2 heterocycles. The Hall–Kier alpha value is -1.36. The van der Waals surface area contributed by atoms with Crippen molar-refractivity contribution in [2.75, 3.05) is 13.1 Å². The third-order valence-corrected chi connectivity index (χ3v) is 3.37. The standard InChI is InChI=1S/C13H22N4O/c1-10-5-12(7-15-6-10)13(18)16-11(2)8-17-4-3-14-9-17/h3-4,9-12,15H,5-8H2,1-2H3,(H,16,18). The molecule has 2 rings (SSSR count). The summed E-state index contributed by atoms with van der Waals surface area (Å²) < 4.78 is 1.98. The highest BCUT2D eigenvalue weighted by Crippen LogP contribution is 2.15. The van der Waals surface area contributed by atoms with Crippen molar-refractivity contribution in [3.63, 3.8) is 0 Å². The Kier molecular flexibility index (Phi) is 4.36. The lowest BCUT2D eigenvalue weighted by Gasteiger charge is -2.28. The van der Waals surface area contributed by atoms with Crippen LogP contribution in [0, 0.1) is 11.8 Å². The van der Waals surface area contributed by atoms with E-state index in [1.54, 1.807) is 12.5 Å². The van der Waals surface area contributed by atoms with Crippen LogP contribution in [0.3, 0.4) is 0 Å². The molecule has 1 fully saturated rings. The fourth-order valence-corrected chi connectivity index (χ4v) is 2.47. The van der Waals surface area contributed by atoms with Gasteiger partial charge in [0.2, 0.25) is 5.91 Å². The summed E-state index contributed by atoms with van der Waals surface area (Å²) >= 11 is 0. The highest BCUT2D eigenvalue weighted by Gasteiger charge is 2.25. The van der Waals surface area contributed by atoms with Crippen LogP contribution in [0.4, 0.5) is 0 Å². The highest BCUT2D eigenvalue weighted by atomic mass is 16.2. The van der Waals surface area contributed by atoms with Crippen LogP contribution in [-0.2, 0) is 11.3 Å². The minimum Gasteiger partial charge on any atom is -0.352 e. The number of imidazole rings is 1. The number of hydrogen-bond acceptors (Lipinski definition) is 3. The second kappa shape index (κ2) is 6.00. The number of aromatic nitrogens is 2. The van der Waals surface area contributed by atoms with E-state index < -0.39 is 0 Å². The number of carbonyl (C=O) groups excluding carboxylic acids is 1. The first-order chi connectivity index (χ1) is 8.65. The number of nitrogens with zero attached hydrogens (tertiary/aromatic N) is 2. The molecule has 1 aromatic rings. The molecule has 0 saturated carbocycles. The Morgan fingerprint density at radius 3 is 3.11 bits per heavy atom. The van der Waals surface area contributed by atoms with Gasteiger partial charge >= 0.3 is 0 Å². The Labute approximate surface area is 108 Å². The van der Waals surface area contributed by atoms with Gasteiger partial charge in [0, 0.05) is 31.5 Å². The van der Waals surface area contributed by atoms with Crippen molar-refractivity contribution in [3.8, 4) is 0 Å².